The third kappa shape index (κ3) is 2.68. The molecule has 1 aromatic carbocycles. The number of hydrogen-bond acceptors (Lipinski definition) is 5. The largest absolute Gasteiger partial charge is 0.481 e. The molecule has 140 valence electrons. The summed E-state index contributed by atoms with van der Waals surface area (Å²) in [6, 6.07) is 5.87. The molecular weight excluding hydrogens is 346 g/mol. The molecule has 0 radical (unpaired) electrons. The highest BCUT2D eigenvalue weighted by Crippen LogP contribution is 2.44. The molecule has 2 amide bonds. The average Bonchev–Trinajstić information content (AvgIpc) is 2.93. The lowest BCUT2D eigenvalue weighted by atomic mass is 9.87. The summed E-state index contributed by atoms with van der Waals surface area (Å²) in [4.78, 5) is 25.9. The number of rotatable bonds is 1. The molecule has 8 heteroatoms. The topological polar surface area (TPSA) is 88.5 Å². The van der Waals surface area contributed by atoms with Gasteiger partial charge in [0, 0.05) is 44.2 Å². The predicted molar refractivity (Wildman–Crippen MR) is 99.0 cm³/mol. The number of nitrogens with zero attached hydrogens (tertiary/aromatic N) is 3. The normalized spacial score (nSPS) is 21.5. The number of hydrogen-bond donors (Lipinski definition) is 2. The number of fused-ring (bicyclic) bond motifs is 3. The van der Waals surface area contributed by atoms with E-state index in [-0.39, 0.29) is 24.3 Å². The molecule has 5 rings (SSSR count). The van der Waals surface area contributed by atoms with Gasteiger partial charge in [-0.25, -0.2) is 0 Å². The maximum atomic E-state index is 12.3. The number of nitrogens with one attached hydrogen (secondary N) is 2. The number of aromatic nitrogens is 2. The van der Waals surface area contributed by atoms with Gasteiger partial charge in [0.05, 0.1) is 17.1 Å². The predicted octanol–water partition coefficient (Wildman–Crippen LogP) is 1.21. The zero-order chi connectivity index (χ0) is 18.5. The van der Waals surface area contributed by atoms with Crippen LogP contribution in [0.2, 0.25) is 0 Å². The smallest absolute Gasteiger partial charge is 0.264 e. The molecule has 3 aliphatic heterocycles. The summed E-state index contributed by atoms with van der Waals surface area (Å²) in [6.07, 6.45) is 1.38. The van der Waals surface area contributed by atoms with Crippen molar-refractivity contribution in [2.45, 2.75) is 31.8 Å². The van der Waals surface area contributed by atoms with Crippen molar-refractivity contribution in [1.29, 1.82) is 0 Å². The van der Waals surface area contributed by atoms with Gasteiger partial charge in [0.25, 0.3) is 5.91 Å². The zero-order valence-corrected chi connectivity index (χ0v) is 15.1. The van der Waals surface area contributed by atoms with Crippen molar-refractivity contribution < 1.29 is 14.3 Å². The number of anilines is 2. The van der Waals surface area contributed by atoms with Gasteiger partial charge in [0.1, 0.15) is 5.75 Å². The SMILES string of the molecule is CN1C(=O)COc2cc3c(cc21)C(c1cc2n(n1)CCCNC2)CC(=O)N3. The molecule has 4 heterocycles. The molecular formula is C19H21N5O3. The Bertz CT molecular complexity index is 928. The third-order valence-electron chi connectivity index (χ3n) is 5.53. The van der Waals surface area contributed by atoms with Crippen LogP contribution in [0.1, 0.15) is 35.7 Å². The van der Waals surface area contributed by atoms with E-state index in [1.54, 1.807) is 11.9 Å². The van der Waals surface area contributed by atoms with Gasteiger partial charge in [-0.3, -0.25) is 14.3 Å². The van der Waals surface area contributed by atoms with Crippen LogP contribution in [0.3, 0.4) is 0 Å². The van der Waals surface area contributed by atoms with Crippen molar-refractivity contribution in [3.05, 3.63) is 35.2 Å². The molecule has 27 heavy (non-hydrogen) atoms. The van der Waals surface area contributed by atoms with Gasteiger partial charge >= 0.3 is 0 Å². The molecule has 3 aliphatic rings. The van der Waals surface area contributed by atoms with Gasteiger partial charge in [-0.2, -0.15) is 5.10 Å². The average molecular weight is 367 g/mol. The fourth-order valence-corrected chi connectivity index (χ4v) is 4.04. The minimum absolute atomic E-state index is 0.0143. The molecule has 2 aromatic rings. The lowest BCUT2D eigenvalue weighted by molar-refractivity contribution is -0.121. The Hall–Kier alpha value is -2.87. The first-order valence-electron chi connectivity index (χ1n) is 9.24. The summed E-state index contributed by atoms with van der Waals surface area (Å²) in [7, 11) is 1.75. The number of ether oxygens (including phenoxy) is 1. The lowest BCUT2D eigenvalue weighted by Crippen LogP contribution is -2.36. The summed E-state index contributed by atoms with van der Waals surface area (Å²) in [5.74, 6) is 0.359. The van der Waals surface area contributed by atoms with Gasteiger partial charge in [-0.1, -0.05) is 0 Å². The van der Waals surface area contributed by atoms with Crippen molar-refractivity contribution in [3.8, 4) is 5.75 Å². The van der Waals surface area contributed by atoms with Crippen molar-refractivity contribution in [3.63, 3.8) is 0 Å². The Kier molecular flexibility index (Phi) is 3.68. The van der Waals surface area contributed by atoms with Gasteiger partial charge < -0.3 is 20.3 Å². The van der Waals surface area contributed by atoms with E-state index >= 15 is 0 Å². The second kappa shape index (κ2) is 6.09. The minimum Gasteiger partial charge on any atom is -0.481 e. The molecule has 0 aliphatic carbocycles. The lowest BCUT2D eigenvalue weighted by Gasteiger charge is -2.31. The van der Waals surface area contributed by atoms with E-state index in [1.807, 2.05) is 16.8 Å². The van der Waals surface area contributed by atoms with Crippen LogP contribution in [0.15, 0.2) is 18.2 Å². The number of carbonyl (C=O) groups is 2. The van der Waals surface area contributed by atoms with Crippen LogP contribution in [0.5, 0.6) is 5.75 Å². The van der Waals surface area contributed by atoms with E-state index in [0.29, 0.717) is 12.2 Å². The van der Waals surface area contributed by atoms with Gasteiger partial charge in [0.15, 0.2) is 6.61 Å². The van der Waals surface area contributed by atoms with Crippen molar-refractivity contribution in [2.75, 3.05) is 30.4 Å². The third-order valence-corrected chi connectivity index (χ3v) is 5.53. The number of aryl methyl sites for hydroxylation is 1. The molecule has 1 aromatic heterocycles. The van der Waals surface area contributed by atoms with E-state index in [9.17, 15) is 9.59 Å². The quantitative estimate of drug-likeness (QED) is 0.791. The molecule has 1 unspecified atom stereocenters. The van der Waals surface area contributed by atoms with Crippen molar-refractivity contribution in [1.82, 2.24) is 15.1 Å². The maximum Gasteiger partial charge on any atom is 0.264 e. The van der Waals surface area contributed by atoms with E-state index in [1.165, 1.54) is 0 Å². The molecule has 0 bridgehead atoms. The van der Waals surface area contributed by atoms with Crippen molar-refractivity contribution in [2.24, 2.45) is 0 Å². The summed E-state index contributed by atoms with van der Waals surface area (Å²) in [6.45, 7) is 2.66. The summed E-state index contributed by atoms with van der Waals surface area (Å²) >= 11 is 0. The number of benzene rings is 1. The Morgan fingerprint density at radius 3 is 3.04 bits per heavy atom. The highest BCUT2D eigenvalue weighted by atomic mass is 16.5. The van der Waals surface area contributed by atoms with E-state index < -0.39 is 0 Å². The van der Waals surface area contributed by atoms with E-state index in [0.717, 1.165) is 54.4 Å². The Labute approximate surface area is 156 Å². The standard InChI is InChI=1S/C19H21N5O3/c1-23-16-6-12-13(15-5-11-9-20-3-2-4-24(11)22-15)7-18(25)21-14(12)8-17(16)27-10-19(23)26/h5-6,8,13,20H,2-4,7,9-10H2,1H3,(H,21,25). The number of likely N-dealkylation sites (N-methyl/N-ethyl adjacent to an activating group) is 1. The monoisotopic (exact) mass is 367 g/mol. The molecule has 0 fully saturated rings. The summed E-state index contributed by atoms with van der Waals surface area (Å²) < 4.78 is 7.60. The maximum absolute atomic E-state index is 12.3. The first-order valence-corrected chi connectivity index (χ1v) is 9.24. The summed E-state index contributed by atoms with van der Waals surface area (Å²) in [5, 5.41) is 11.1. The molecule has 0 spiro atoms. The van der Waals surface area contributed by atoms with Crippen LogP contribution in [0, 0.1) is 0 Å². The molecule has 8 nitrogen and oxygen atoms in total. The van der Waals surface area contributed by atoms with Gasteiger partial charge in [-0.05, 0) is 30.7 Å². The number of amides is 2. The zero-order valence-electron chi connectivity index (χ0n) is 15.1. The van der Waals surface area contributed by atoms with Gasteiger partial charge in [-0.15, -0.1) is 0 Å². The molecule has 0 saturated heterocycles. The first kappa shape index (κ1) is 16.3. The minimum atomic E-state index is -0.135. The van der Waals surface area contributed by atoms with Gasteiger partial charge in [0.2, 0.25) is 5.91 Å². The Balaban J connectivity index is 1.60. The van der Waals surface area contributed by atoms with Crippen LogP contribution in [-0.2, 0) is 22.7 Å². The van der Waals surface area contributed by atoms with Crippen molar-refractivity contribution >= 4 is 23.2 Å². The van der Waals surface area contributed by atoms with E-state index in [4.69, 9.17) is 9.84 Å². The first-order chi connectivity index (χ1) is 13.1. The number of carbonyl (C=O) groups excluding carboxylic acids is 2. The van der Waals surface area contributed by atoms with Crippen LogP contribution in [-0.4, -0.2) is 41.8 Å². The Morgan fingerprint density at radius 1 is 1.26 bits per heavy atom. The van der Waals surface area contributed by atoms with E-state index in [2.05, 4.69) is 16.7 Å². The second-order valence-corrected chi connectivity index (χ2v) is 7.27. The highest BCUT2D eigenvalue weighted by Gasteiger charge is 2.33. The summed E-state index contributed by atoms with van der Waals surface area (Å²) in [5.41, 5.74) is 4.48. The second-order valence-electron chi connectivity index (χ2n) is 7.27. The highest BCUT2D eigenvalue weighted by molar-refractivity contribution is 6.00. The van der Waals surface area contributed by atoms with Crippen LogP contribution in [0.25, 0.3) is 0 Å². The van der Waals surface area contributed by atoms with Crippen LogP contribution >= 0.6 is 0 Å². The molecule has 1 atom stereocenters. The molecule has 0 saturated carbocycles. The fraction of sp³-hybridized carbons (Fsp3) is 0.421. The molecule has 2 N–H and O–H groups in total. The fourth-order valence-electron chi connectivity index (χ4n) is 4.04. The van der Waals surface area contributed by atoms with Crippen LogP contribution in [0.4, 0.5) is 11.4 Å². The van der Waals surface area contributed by atoms with Crippen LogP contribution < -0.4 is 20.3 Å². The Morgan fingerprint density at radius 2 is 2.15 bits per heavy atom.